The predicted molar refractivity (Wildman–Crippen MR) is 102 cm³/mol. The molecule has 1 aromatic heterocycles. The summed E-state index contributed by atoms with van der Waals surface area (Å²) in [5, 5.41) is 10.1. The highest BCUT2D eigenvalue weighted by Crippen LogP contribution is 2.45. The van der Waals surface area contributed by atoms with Crippen LogP contribution < -0.4 is 21.7 Å². The Labute approximate surface area is 164 Å². The molecule has 0 aliphatic heterocycles. The number of rotatable bonds is 8. The van der Waals surface area contributed by atoms with Crippen LogP contribution in [-0.2, 0) is 22.6 Å². The van der Waals surface area contributed by atoms with Gasteiger partial charge in [-0.1, -0.05) is 12.1 Å². The number of nitrogens with zero attached hydrogens (tertiary/aromatic N) is 1. The average molecular weight is 405 g/mol. The Balaban J connectivity index is 1.40. The van der Waals surface area contributed by atoms with Crippen molar-refractivity contribution in [3.8, 4) is 0 Å². The van der Waals surface area contributed by atoms with Crippen LogP contribution >= 0.6 is 11.3 Å². The summed E-state index contributed by atoms with van der Waals surface area (Å²) >= 11 is 1.25. The second-order valence-corrected chi connectivity index (χ2v) is 7.39. The fraction of sp³-hybridized carbons (Fsp3) is 0.333. The molecule has 0 saturated heterocycles. The number of carbonyl (C=O) groups excluding carboxylic acids is 3. The molecule has 0 spiro atoms. The first-order chi connectivity index (χ1) is 13.4. The highest BCUT2D eigenvalue weighted by atomic mass is 32.1. The van der Waals surface area contributed by atoms with E-state index in [1.807, 2.05) is 0 Å². The van der Waals surface area contributed by atoms with E-state index in [9.17, 15) is 18.8 Å². The fourth-order valence-electron chi connectivity index (χ4n) is 2.63. The van der Waals surface area contributed by atoms with E-state index in [4.69, 9.17) is 5.73 Å². The molecular formula is C18H20FN5O3S. The Morgan fingerprint density at radius 2 is 2.04 bits per heavy atom. The number of anilines is 1. The molecule has 1 aliphatic carbocycles. The number of hydrogen-bond donors (Lipinski definition) is 4. The minimum atomic E-state index is -1.03. The number of aromatic nitrogens is 1. The van der Waals surface area contributed by atoms with Gasteiger partial charge in [-0.25, -0.2) is 14.2 Å². The van der Waals surface area contributed by atoms with Crippen LogP contribution in [0, 0.1) is 11.2 Å². The van der Waals surface area contributed by atoms with Gasteiger partial charge in [-0.3, -0.25) is 14.9 Å². The molecule has 2 aromatic rings. The first-order valence-electron chi connectivity index (χ1n) is 8.71. The number of primary amides is 1. The lowest BCUT2D eigenvalue weighted by atomic mass is 10.1. The molecule has 5 N–H and O–H groups in total. The summed E-state index contributed by atoms with van der Waals surface area (Å²) in [6.45, 7) is 0.512. The largest absolute Gasteiger partial charge is 0.369 e. The molecule has 8 nitrogen and oxygen atoms in total. The van der Waals surface area contributed by atoms with E-state index in [1.54, 1.807) is 17.5 Å². The quantitative estimate of drug-likeness (QED) is 0.497. The third kappa shape index (κ3) is 4.83. The summed E-state index contributed by atoms with van der Waals surface area (Å²) in [7, 11) is 0. The molecule has 0 unspecified atom stereocenters. The molecule has 4 amide bonds. The minimum absolute atomic E-state index is 0.190. The zero-order valence-corrected chi connectivity index (χ0v) is 15.8. The lowest BCUT2D eigenvalue weighted by molar-refractivity contribution is -0.135. The number of nitrogens with two attached hydrogens (primary N) is 1. The second-order valence-electron chi connectivity index (χ2n) is 6.53. The van der Waals surface area contributed by atoms with Crippen molar-refractivity contribution >= 4 is 34.3 Å². The van der Waals surface area contributed by atoms with Crippen molar-refractivity contribution in [2.45, 2.75) is 25.8 Å². The van der Waals surface area contributed by atoms with Crippen LogP contribution in [0.1, 0.15) is 24.1 Å². The monoisotopic (exact) mass is 405 g/mol. The standard InChI is InChI=1S/C18H20FN5O3S/c19-12-3-1-2-11(8-12)9-22-16(27)24-17-23-13(10-28-17)4-7-21-15(26)18(5-6-18)14(20)25/h1-3,8,10H,4-7,9H2,(H2,20,25)(H,21,26)(H2,22,23,24,27). The van der Waals surface area contributed by atoms with Crippen LogP contribution in [0.2, 0.25) is 0 Å². The van der Waals surface area contributed by atoms with E-state index in [0.29, 0.717) is 42.2 Å². The molecule has 0 atom stereocenters. The zero-order valence-electron chi connectivity index (χ0n) is 15.0. The molecule has 1 heterocycles. The van der Waals surface area contributed by atoms with Gasteiger partial charge in [-0.15, -0.1) is 11.3 Å². The molecule has 28 heavy (non-hydrogen) atoms. The minimum Gasteiger partial charge on any atom is -0.369 e. The molecule has 1 aromatic carbocycles. The van der Waals surface area contributed by atoms with Crippen LogP contribution in [0.3, 0.4) is 0 Å². The van der Waals surface area contributed by atoms with Crippen LogP contribution in [0.5, 0.6) is 0 Å². The number of urea groups is 1. The average Bonchev–Trinajstić information content (AvgIpc) is 3.36. The number of nitrogens with one attached hydrogen (secondary N) is 3. The van der Waals surface area contributed by atoms with Crippen molar-refractivity contribution < 1.29 is 18.8 Å². The lowest BCUT2D eigenvalue weighted by Gasteiger charge is -2.10. The maximum atomic E-state index is 13.1. The van der Waals surface area contributed by atoms with Crippen molar-refractivity contribution in [2.24, 2.45) is 11.1 Å². The van der Waals surface area contributed by atoms with Gasteiger partial charge in [-0.2, -0.15) is 0 Å². The Morgan fingerprint density at radius 3 is 2.71 bits per heavy atom. The van der Waals surface area contributed by atoms with E-state index in [1.165, 1.54) is 23.5 Å². The molecule has 1 saturated carbocycles. The van der Waals surface area contributed by atoms with Crippen LogP contribution in [0.25, 0.3) is 0 Å². The Morgan fingerprint density at radius 1 is 1.25 bits per heavy atom. The highest BCUT2D eigenvalue weighted by molar-refractivity contribution is 7.13. The van der Waals surface area contributed by atoms with Crippen LogP contribution in [0.4, 0.5) is 14.3 Å². The van der Waals surface area contributed by atoms with E-state index in [2.05, 4.69) is 20.9 Å². The van der Waals surface area contributed by atoms with E-state index in [0.717, 1.165) is 0 Å². The fourth-order valence-corrected chi connectivity index (χ4v) is 3.37. The molecule has 1 fully saturated rings. The first kappa shape index (κ1) is 19.7. The summed E-state index contributed by atoms with van der Waals surface area (Å²) in [6.07, 6.45) is 1.44. The summed E-state index contributed by atoms with van der Waals surface area (Å²) < 4.78 is 13.1. The first-order valence-corrected chi connectivity index (χ1v) is 9.59. The lowest BCUT2D eigenvalue weighted by Crippen LogP contribution is -2.41. The molecule has 0 radical (unpaired) electrons. The maximum Gasteiger partial charge on any atom is 0.321 e. The summed E-state index contributed by atoms with van der Waals surface area (Å²) in [4.78, 5) is 39.5. The van der Waals surface area contributed by atoms with Gasteiger partial charge in [0.25, 0.3) is 0 Å². The van der Waals surface area contributed by atoms with Gasteiger partial charge in [0.2, 0.25) is 11.8 Å². The topological polar surface area (TPSA) is 126 Å². The normalized spacial score (nSPS) is 14.2. The second kappa shape index (κ2) is 8.34. The molecule has 148 valence electrons. The number of halogens is 1. The molecular weight excluding hydrogens is 385 g/mol. The van der Waals surface area contributed by atoms with Gasteiger partial charge in [0.15, 0.2) is 5.13 Å². The van der Waals surface area contributed by atoms with Crippen LogP contribution in [0.15, 0.2) is 29.6 Å². The van der Waals surface area contributed by atoms with Gasteiger partial charge in [0.1, 0.15) is 11.2 Å². The third-order valence-electron chi connectivity index (χ3n) is 4.44. The van der Waals surface area contributed by atoms with Gasteiger partial charge in [-0.05, 0) is 30.5 Å². The number of benzene rings is 1. The van der Waals surface area contributed by atoms with Gasteiger partial charge < -0.3 is 16.4 Å². The van der Waals surface area contributed by atoms with E-state index >= 15 is 0 Å². The number of amides is 4. The molecule has 1 aliphatic rings. The van der Waals surface area contributed by atoms with E-state index < -0.39 is 17.4 Å². The Bertz CT molecular complexity index is 897. The summed E-state index contributed by atoms with van der Waals surface area (Å²) in [5.74, 6) is -1.29. The van der Waals surface area contributed by atoms with Crippen molar-refractivity contribution in [3.05, 3.63) is 46.7 Å². The SMILES string of the molecule is NC(=O)C1(C(=O)NCCc2csc(NC(=O)NCc3cccc(F)c3)n2)CC1. The zero-order chi connectivity index (χ0) is 20.1. The smallest absolute Gasteiger partial charge is 0.321 e. The Kier molecular flexibility index (Phi) is 5.88. The highest BCUT2D eigenvalue weighted by Gasteiger charge is 2.55. The van der Waals surface area contributed by atoms with Gasteiger partial charge >= 0.3 is 6.03 Å². The number of carbonyl (C=O) groups is 3. The van der Waals surface area contributed by atoms with Crippen LogP contribution in [-0.4, -0.2) is 29.4 Å². The predicted octanol–water partition coefficient (Wildman–Crippen LogP) is 1.53. The summed E-state index contributed by atoms with van der Waals surface area (Å²) in [5.41, 5.74) is 5.58. The molecule has 3 rings (SSSR count). The summed E-state index contributed by atoms with van der Waals surface area (Å²) in [6, 6.07) is 5.52. The van der Waals surface area contributed by atoms with E-state index in [-0.39, 0.29) is 18.3 Å². The Hall–Kier alpha value is -3.01. The van der Waals surface area contributed by atoms with Crippen molar-refractivity contribution in [2.75, 3.05) is 11.9 Å². The van der Waals surface area contributed by atoms with Gasteiger partial charge in [0.05, 0.1) is 5.69 Å². The number of thiazole rings is 1. The van der Waals surface area contributed by atoms with Crippen molar-refractivity contribution in [3.63, 3.8) is 0 Å². The number of hydrogen-bond acceptors (Lipinski definition) is 5. The van der Waals surface area contributed by atoms with Crippen molar-refractivity contribution in [1.82, 2.24) is 15.6 Å². The van der Waals surface area contributed by atoms with Crippen molar-refractivity contribution in [1.29, 1.82) is 0 Å². The molecule has 0 bridgehead atoms. The van der Waals surface area contributed by atoms with Gasteiger partial charge in [0, 0.05) is 24.9 Å². The third-order valence-corrected chi connectivity index (χ3v) is 5.24. The molecule has 10 heteroatoms. The maximum absolute atomic E-state index is 13.1.